The highest BCUT2D eigenvalue weighted by Crippen LogP contribution is 2.32. The molecule has 6 nitrogen and oxygen atoms in total. The van der Waals surface area contributed by atoms with Crippen LogP contribution >= 0.6 is 0 Å². The van der Waals surface area contributed by atoms with Crippen LogP contribution in [0.3, 0.4) is 0 Å². The summed E-state index contributed by atoms with van der Waals surface area (Å²) in [6, 6.07) is 3.11. The average Bonchev–Trinajstić information content (AvgIpc) is 2.33. The molecule has 0 aromatic heterocycles. The monoisotopic (exact) mass is 252 g/mol. The Bertz CT molecular complexity index is 469. The van der Waals surface area contributed by atoms with E-state index in [0.717, 1.165) is 0 Å². The number of nitrogen functional groups attached to an aromatic ring is 1. The van der Waals surface area contributed by atoms with Crippen molar-refractivity contribution >= 4 is 11.6 Å². The zero-order valence-corrected chi connectivity index (χ0v) is 10.3. The number of anilines is 1. The highest BCUT2D eigenvalue weighted by atomic mass is 16.5. The van der Waals surface area contributed by atoms with E-state index in [1.807, 2.05) is 0 Å². The minimum atomic E-state index is -0.435. The summed E-state index contributed by atoms with van der Waals surface area (Å²) in [6.07, 6.45) is -0.435. The minimum absolute atomic E-state index is 0.209. The molecule has 3 N–H and O–H groups in total. The summed E-state index contributed by atoms with van der Waals surface area (Å²) in [5.41, 5.74) is 6.52. The first-order valence-corrected chi connectivity index (χ1v) is 5.55. The van der Waals surface area contributed by atoms with Crippen LogP contribution in [0.1, 0.15) is 10.4 Å². The van der Waals surface area contributed by atoms with Gasteiger partial charge in [0.25, 0.3) is 5.91 Å². The fraction of sp³-hybridized carbons (Fsp3) is 0.417. The lowest BCUT2D eigenvalue weighted by Gasteiger charge is -2.36. The van der Waals surface area contributed by atoms with Gasteiger partial charge in [-0.2, -0.15) is 0 Å². The third-order valence-electron chi connectivity index (χ3n) is 2.94. The predicted molar refractivity (Wildman–Crippen MR) is 65.9 cm³/mol. The molecule has 1 aromatic rings. The van der Waals surface area contributed by atoms with E-state index in [0.29, 0.717) is 35.8 Å². The zero-order chi connectivity index (χ0) is 13.3. The number of β-amino-alcohol motifs (C(OH)–C–C–N with tert-alkyl or cyclic N) is 1. The third kappa shape index (κ3) is 2.06. The smallest absolute Gasteiger partial charge is 0.256 e. The number of likely N-dealkylation sites (tertiary alicyclic amines) is 1. The van der Waals surface area contributed by atoms with Crippen LogP contribution in [0.25, 0.3) is 0 Å². The highest BCUT2D eigenvalue weighted by molar-refractivity contribution is 6.00. The van der Waals surface area contributed by atoms with E-state index >= 15 is 0 Å². The van der Waals surface area contributed by atoms with Crippen LogP contribution in [0.5, 0.6) is 11.5 Å². The largest absolute Gasteiger partial charge is 0.493 e. The third-order valence-corrected chi connectivity index (χ3v) is 2.94. The van der Waals surface area contributed by atoms with Gasteiger partial charge in [0.05, 0.1) is 25.9 Å². The van der Waals surface area contributed by atoms with Crippen LogP contribution in [0.2, 0.25) is 0 Å². The topological polar surface area (TPSA) is 85.0 Å². The van der Waals surface area contributed by atoms with E-state index in [1.54, 1.807) is 12.1 Å². The highest BCUT2D eigenvalue weighted by Gasteiger charge is 2.31. The van der Waals surface area contributed by atoms with Gasteiger partial charge in [-0.25, -0.2) is 0 Å². The van der Waals surface area contributed by atoms with Crippen LogP contribution in [-0.4, -0.2) is 49.3 Å². The van der Waals surface area contributed by atoms with Crippen molar-refractivity contribution in [2.24, 2.45) is 0 Å². The number of methoxy groups -OCH3 is 2. The molecule has 0 unspecified atom stereocenters. The molecular weight excluding hydrogens is 236 g/mol. The van der Waals surface area contributed by atoms with Crippen molar-refractivity contribution in [2.75, 3.05) is 33.0 Å². The van der Waals surface area contributed by atoms with Gasteiger partial charge in [0.1, 0.15) is 0 Å². The van der Waals surface area contributed by atoms with E-state index < -0.39 is 6.10 Å². The zero-order valence-electron chi connectivity index (χ0n) is 10.3. The number of benzene rings is 1. The Morgan fingerprint density at radius 1 is 1.33 bits per heavy atom. The maximum absolute atomic E-state index is 12.1. The molecule has 0 bridgehead atoms. The van der Waals surface area contributed by atoms with E-state index in [-0.39, 0.29) is 5.91 Å². The Kier molecular flexibility index (Phi) is 3.29. The second-order valence-electron chi connectivity index (χ2n) is 4.16. The maximum Gasteiger partial charge on any atom is 0.256 e. The van der Waals surface area contributed by atoms with Gasteiger partial charge >= 0.3 is 0 Å². The number of aliphatic hydroxyl groups excluding tert-OH is 1. The maximum atomic E-state index is 12.1. The number of rotatable bonds is 3. The van der Waals surface area contributed by atoms with Crippen LogP contribution in [0, 0.1) is 0 Å². The number of nitrogens with two attached hydrogens (primary N) is 1. The number of hydrogen-bond acceptors (Lipinski definition) is 5. The predicted octanol–water partition coefficient (Wildman–Crippen LogP) is 0.103. The van der Waals surface area contributed by atoms with Crippen molar-refractivity contribution in [3.8, 4) is 11.5 Å². The molecule has 1 aliphatic rings. The molecule has 1 heterocycles. The summed E-state index contributed by atoms with van der Waals surface area (Å²) in [6.45, 7) is 0.680. The molecule has 18 heavy (non-hydrogen) atoms. The van der Waals surface area contributed by atoms with E-state index in [2.05, 4.69) is 0 Å². The van der Waals surface area contributed by atoms with Gasteiger partial charge in [-0.05, 0) is 6.07 Å². The van der Waals surface area contributed by atoms with Gasteiger partial charge in [-0.15, -0.1) is 0 Å². The van der Waals surface area contributed by atoms with Crippen molar-refractivity contribution in [2.45, 2.75) is 6.10 Å². The second-order valence-corrected chi connectivity index (χ2v) is 4.16. The quantitative estimate of drug-likeness (QED) is 0.745. The Morgan fingerprint density at radius 3 is 2.39 bits per heavy atom. The summed E-state index contributed by atoms with van der Waals surface area (Å²) < 4.78 is 10.2. The molecule has 1 amide bonds. The summed E-state index contributed by atoms with van der Waals surface area (Å²) >= 11 is 0. The first-order chi connectivity index (χ1) is 8.56. The number of aliphatic hydroxyl groups is 1. The lowest BCUT2D eigenvalue weighted by molar-refractivity contribution is 0.00594. The van der Waals surface area contributed by atoms with Gasteiger partial charge in [0, 0.05) is 24.8 Å². The first kappa shape index (κ1) is 12.5. The molecule has 1 aliphatic heterocycles. The number of ether oxygens (including phenoxy) is 2. The van der Waals surface area contributed by atoms with Crippen molar-refractivity contribution < 1.29 is 19.4 Å². The number of amides is 1. The van der Waals surface area contributed by atoms with E-state index in [4.69, 9.17) is 15.2 Å². The SMILES string of the molecule is COc1cc(N)c(C(=O)N2CC(O)C2)cc1OC. The van der Waals surface area contributed by atoms with Crippen LogP contribution in [0.4, 0.5) is 5.69 Å². The van der Waals surface area contributed by atoms with Gasteiger partial charge < -0.3 is 25.2 Å². The van der Waals surface area contributed by atoms with E-state index in [1.165, 1.54) is 19.1 Å². The van der Waals surface area contributed by atoms with Crippen molar-refractivity contribution in [1.29, 1.82) is 0 Å². The molecule has 1 aromatic carbocycles. The Hall–Kier alpha value is -1.95. The number of nitrogens with zero attached hydrogens (tertiary/aromatic N) is 1. The first-order valence-electron chi connectivity index (χ1n) is 5.55. The average molecular weight is 252 g/mol. The van der Waals surface area contributed by atoms with Crippen LogP contribution in [0.15, 0.2) is 12.1 Å². The van der Waals surface area contributed by atoms with Crippen molar-refractivity contribution in [1.82, 2.24) is 4.90 Å². The molecule has 6 heteroatoms. The molecule has 0 spiro atoms. The molecule has 0 radical (unpaired) electrons. The number of carbonyl (C=O) groups is 1. The van der Waals surface area contributed by atoms with Gasteiger partial charge in [0.2, 0.25) is 0 Å². The van der Waals surface area contributed by atoms with Crippen LogP contribution in [-0.2, 0) is 0 Å². The molecule has 0 saturated carbocycles. The molecule has 2 rings (SSSR count). The summed E-state index contributed by atoms with van der Waals surface area (Å²) in [4.78, 5) is 13.6. The lowest BCUT2D eigenvalue weighted by atomic mass is 10.1. The minimum Gasteiger partial charge on any atom is -0.493 e. The van der Waals surface area contributed by atoms with Gasteiger partial charge in [-0.3, -0.25) is 4.79 Å². The van der Waals surface area contributed by atoms with Gasteiger partial charge in [0.15, 0.2) is 11.5 Å². The molecule has 0 atom stereocenters. The summed E-state index contributed by atoms with van der Waals surface area (Å²) in [7, 11) is 3.00. The summed E-state index contributed by atoms with van der Waals surface area (Å²) in [5.74, 6) is 0.727. The normalized spacial score (nSPS) is 15.2. The molecule has 0 aliphatic carbocycles. The summed E-state index contributed by atoms with van der Waals surface area (Å²) in [5, 5.41) is 9.20. The van der Waals surface area contributed by atoms with E-state index in [9.17, 15) is 9.90 Å². The van der Waals surface area contributed by atoms with Crippen molar-refractivity contribution in [3.05, 3.63) is 17.7 Å². The Balaban J connectivity index is 2.30. The Morgan fingerprint density at radius 2 is 1.89 bits per heavy atom. The van der Waals surface area contributed by atoms with Crippen LogP contribution < -0.4 is 15.2 Å². The van der Waals surface area contributed by atoms with Gasteiger partial charge in [-0.1, -0.05) is 0 Å². The fourth-order valence-corrected chi connectivity index (χ4v) is 1.87. The fourth-order valence-electron chi connectivity index (χ4n) is 1.87. The molecule has 1 fully saturated rings. The number of carbonyl (C=O) groups excluding carboxylic acids is 1. The van der Waals surface area contributed by atoms with Crippen molar-refractivity contribution in [3.63, 3.8) is 0 Å². The Labute approximate surface area is 105 Å². The molecular formula is C12H16N2O4. The molecule has 98 valence electrons. The number of hydrogen-bond donors (Lipinski definition) is 2. The lowest BCUT2D eigenvalue weighted by Crippen LogP contribution is -2.53. The molecule has 1 saturated heterocycles. The second kappa shape index (κ2) is 4.73. The standard InChI is InChI=1S/C12H16N2O4/c1-17-10-3-8(9(13)4-11(10)18-2)12(16)14-5-7(15)6-14/h3-4,7,15H,5-6,13H2,1-2H3.